The number of hydrogen-bond donors (Lipinski definition) is 2. The number of rotatable bonds is 3. The molecule has 0 radical (unpaired) electrons. The average molecular weight is 157 g/mol. The summed E-state index contributed by atoms with van der Waals surface area (Å²) in [4.78, 5) is 10.6. The van der Waals surface area contributed by atoms with Crippen LogP contribution >= 0.6 is 0 Å². The van der Waals surface area contributed by atoms with Crippen molar-refractivity contribution in [2.45, 2.75) is 19.8 Å². The van der Waals surface area contributed by atoms with E-state index < -0.39 is 5.97 Å². The number of carbonyl (C=O) groups is 1. The van der Waals surface area contributed by atoms with Crippen molar-refractivity contribution >= 4 is 5.97 Å². The van der Waals surface area contributed by atoms with Crippen molar-refractivity contribution in [1.82, 2.24) is 5.32 Å². The maximum Gasteiger partial charge on any atom is 0.308 e. The molecule has 0 aromatic carbocycles. The summed E-state index contributed by atoms with van der Waals surface area (Å²) in [7, 11) is 0. The summed E-state index contributed by atoms with van der Waals surface area (Å²) in [6.07, 6.45) is 2.11. The molecule has 2 atom stereocenters. The summed E-state index contributed by atoms with van der Waals surface area (Å²) in [6.45, 7) is 3.63. The zero-order valence-electron chi connectivity index (χ0n) is 6.84. The molecule has 0 amide bonds. The highest BCUT2D eigenvalue weighted by Gasteiger charge is 2.31. The Hall–Kier alpha value is -0.570. The van der Waals surface area contributed by atoms with Gasteiger partial charge in [0.05, 0.1) is 5.92 Å². The van der Waals surface area contributed by atoms with E-state index in [0.29, 0.717) is 12.5 Å². The van der Waals surface area contributed by atoms with E-state index in [0.717, 1.165) is 19.4 Å². The third kappa shape index (κ3) is 1.93. The minimum Gasteiger partial charge on any atom is -0.481 e. The maximum atomic E-state index is 10.6. The fourth-order valence-electron chi connectivity index (χ4n) is 1.70. The first-order valence-corrected chi connectivity index (χ1v) is 4.19. The van der Waals surface area contributed by atoms with Crippen LogP contribution in [0.3, 0.4) is 0 Å². The van der Waals surface area contributed by atoms with Crippen molar-refractivity contribution in [1.29, 1.82) is 0 Å². The quantitative estimate of drug-likeness (QED) is 0.634. The van der Waals surface area contributed by atoms with Gasteiger partial charge in [-0.05, 0) is 18.9 Å². The second kappa shape index (κ2) is 3.72. The molecule has 2 N–H and O–H groups in total. The second-order valence-corrected chi connectivity index (χ2v) is 3.15. The molecule has 0 aromatic heterocycles. The first-order chi connectivity index (χ1) is 5.25. The van der Waals surface area contributed by atoms with Crippen LogP contribution < -0.4 is 5.32 Å². The van der Waals surface area contributed by atoms with E-state index in [1.54, 1.807) is 0 Å². The van der Waals surface area contributed by atoms with Crippen molar-refractivity contribution in [2.24, 2.45) is 11.8 Å². The van der Waals surface area contributed by atoms with Crippen LogP contribution in [0.4, 0.5) is 0 Å². The molecule has 1 heterocycles. The topological polar surface area (TPSA) is 49.3 Å². The second-order valence-electron chi connectivity index (χ2n) is 3.15. The molecule has 1 aliphatic rings. The molecular formula is C8H15NO2. The Morgan fingerprint density at radius 2 is 2.36 bits per heavy atom. The molecule has 1 fully saturated rings. The Kier molecular flexibility index (Phi) is 2.88. The SMILES string of the molecule is CCCC1CNCC1C(=O)O. The van der Waals surface area contributed by atoms with Gasteiger partial charge in [0, 0.05) is 6.54 Å². The number of hydrogen-bond acceptors (Lipinski definition) is 2. The molecule has 0 aliphatic carbocycles. The predicted octanol–water partition coefficient (Wildman–Crippen LogP) is 0.707. The van der Waals surface area contributed by atoms with Gasteiger partial charge in [0.15, 0.2) is 0 Å². The Morgan fingerprint density at radius 1 is 1.64 bits per heavy atom. The lowest BCUT2D eigenvalue weighted by atomic mass is 9.92. The smallest absolute Gasteiger partial charge is 0.308 e. The van der Waals surface area contributed by atoms with Crippen molar-refractivity contribution in [3.8, 4) is 0 Å². The van der Waals surface area contributed by atoms with Crippen LogP contribution in [0.25, 0.3) is 0 Å². The Labute approximate surface area is 66.8 Å². The molecule has 0 spiro atoms. The monoisotopic (exact) mass is 157 g/mol. The van der Waals surface area contributed by atoms with E-state index >= 15 is 0 Å². The van der Waals surface area contributed by atoms with Gasteiger partial charge in [-0.3, -0.25) is 4.79 Å². The van der Waals surface area contributed by atoms with Crippen LogP contribution in [0.15, 0.2) is 0 Å². The molecule has 1 rings (SSSR count). The van der Waals surface area contributed by atoms with Gasteiger partial charge in [-0.25, -0.2) is 0 Å². The lowest BCUT2D eigenvalue weighted by molar-refractivity contribution is -0.142. The van der Waals surface area contributed by atoms with Gasteiger partial charge in [0.2, 0.25) is 0 Å². The van der Waals surface area contributed by atoms with Crippen molar-refractivity contribution in [2.75, 3.05) is 13.1 Å². The normalized spacial score (nSPS) is 30.6. The summed E-state index contributed by atoms with van der Waals surface area (Å²) >= 11 is 0. The Balaban J connectivity index is 2.44. The van der Waals surface area contributed by atoms with Crippen LogP contribution in [0.5, 0.6) is 0 Å². The van der Waals surface area contributed by atoms with E-state index in [4.69, 9.17) is 5.11 Å². The van der Waals surface area contributed by atoms with Gasteiger partial charge < -0.3 is 10.4 Å². The molecule has 2 unspecified atom stereocenters. The lowest BCUT2D eigenvalue weighted by Crippen LogP contribution is -2.21. The fourth-order valence-corrected chi connectivity index (χ4v) is 1.70. The molecule has 1 aliphatic heterocycles. The molecule has 0 aromatic rings. The summed E-state index contributed by atoms with van der Waals surface area (Å²) in [5.74, 6) is -0.430. The Bertz CT molecular complexity index is 147. The molecule has 11 heavy (non-hydrogen) atoms. The predicted molar refractivity (Wildman–Crippen MR) is 42.4 cm³/mol. The zero-order chi connectivity index (χ0) is 8.27. The molecule has 3 nitrogen and oxygen atoms in total. The van der Waals surface area contributed by atoms with Crippen molar-refractivity contribution in [3.05, 3.63) is 0 Å². The van der Waals surface area contributed by atoms with Crippen molar-refractivity contribution < 1.29 is 9.90 Å². The van der Waals surface area contributed by atoms with E-state index in [9.17, 15) is 4.79 Å². The number of aliphatic carboxylic acids is 1. The minimum atomic E-state index is -0.645. The zero-order valence-corrected chi connectivity index (χ0v) is 6.84. The third-order valence-corrected chi connectivity index (χ3v) is 2.32. The first-order valence-electron chi connectivity index (χ1n) is 4.19. The van der Waals surface area contributed by atoms with Crippen molar-refractivity contribution in [3.63, 3.8) is 0 Å². The highest BCUT2D eigenvalue weighted by atomic mass is 16.4. The highest BCUT2D eigenvalue weighted by Crippen LogP contribution is 2.21. The van der Waals surface area contributed by atoms with E-state index in [1.807, 2.05) is 0 Å². The van der Waals surface area contributed by atoms with E-state index in [2.05, 4.69) is 12.2 Å². The number of carboxylic acids is 1. The maximum absolute atomic E-state index is 10.6. The van der Waals surface area contributed by atoms with Gasteiger partial charge in [0.25, 0.3) is 0 Å². The number of nitrogens with one attached hydrogen (secondary N) is 1. The van der Waals surface area contributed by atoms with E-state index in [1.165, 1.54) is 0 Å². The molecule has 1 saturated heterocycles. The van der Waals surface area contributed by atoms with Crippen LogP contribution in [0.1, 0.15) is 19.8 Å². The number of carboxylic acid groups (broad SMARTS) is 1. The van der Waals surface area contributed by atoms with Crippen LogP contribution in [-0.2, 0) is 4.79 Å². The van der Waals surface area contributed by atoms with Gasteiger partial charge in [-0.15, -0.1) is 0 Å². The molecular weight excluding hydrogens is 142 g/mol. The first kappa shape index (κ1) is 8.53. The largest absolute Gasteiger partial charge is 0.481 e. The van der Waals surface area contributed by atoms with E-state index in [-0.39, 0.29) is 5.92 Å². The third-order valence-electron chi connectivity index (χ3n) is 2.32. The highest BCUT2D eigenvalue weighted by molar-refractivity contribution is 5.71. The summed E-state index contributed by atoms with van der Waals surface area (Å²) in [6, 6.07) is 0. The van der Waals surface area contributed by atoms with Gasteiger partial charge in [0.1, 0.15) is 0 Å². The average Bonchev–Trinajstić information content (AvgIpc) is 2.36. The summed E-state index contributed by atoms with van der Waals surface area (Å²) in [5, 5.41) is 11.9. The lowest BCUT2D eigenvalue weighted by Gasteiger charge is -2.12. The minimum absolute atomic E-state index is 0.144. The van der Waals surface area contributed by atoms with Gasteiger partial charge >= 0.3 is 5.97 Å². The van der Waals surface area contributed by atoms with Crippen LogP contribution in [0, 0.1) is 11.8 Å². The molecule has 0 saturated carbocycles. The van der Waals surface area contributed by atoms with Gasteiger partial charge in [-0.1, -0.05) is 13.3 Å². The van der Waals surface area contributed by atoms with Crippen LogP contribution in [-0.4, -0.2) is 24.2 Å². The van der Waals surface area contributed by atoms with Crippen LogP contribution in [0.2, 0.25) is 0 Å². The summed E-state index contributed by atoms with van der Waals surface area (Å²) in [5.41, 5.74) is 0. The molecule has 64 valence electrons. The molecule has 3 heteroatoms. The standard InChI is InChI=1S/C8H15NO2/c1-2-3-6-4-9-5-7(6)8(10)11/h6-7,9H,2-5H2,1H3,(H,10,11). The fraction of sp³-hybridized carbons (Fsp3) is 0.875. The van der Waals surface area contributed by atoms with Gasteiger partial charge in [-0.2, -0.15) is 0 Å². The Morgan fingerprint density at radius 3 is 2.91 bits per heavy atom. The summed E-state index contributed by atoms with van der Waals surface area (Å²) < 4.78 is 0. The molecule has 0 bridgehead atoms.